The zero-order valence-electron chi connectivity index (χ0n) is 21.4. The topological polar surface area (TPSA) is 138 Å². The van der Waals surface area contributed by atoms with Crippen molar-refractivity contribution in [3.63, 3.8) is 0 Å². The van der Waals surface area contributed by atoms with Gasteiger partial charge in [0.25, 0.3) is 0 Å². The molecule has 0 radical (unpaired) electrons. The van der Waals surface area contributed by atoms with Gasteiger partial charge >= 0.3 is 0 Å². The van der Waals surface area contributed by atoms with Crippen LogP contribution in [0.15, 0.2) is 29.3 Å². The van der Waals surface area contributed by atoms with Crippen molar-refractivity contribution in [3.05, 3.63) is 30.1 Å². The minimum Gasteiger partial charge on any atom is -0.381 e. The lowest BCUT2D eigenvalue weighted by molar-refractivity contribution is 0.0524. The van der Waals surface area contributed by atoms with Crippen LogP contribution in [-0.4, -0.2) is 67.1 Å². The molecule has 1 N–H and O–H groups in total. The zero-order valence-corrected chi connectivity index (χ0v) is 23.0. The van der Waals surface area contributed by atoms with Crippen LogP contribution < -0.4 is 4.72 Å². The van der Waals surface area contributed by atoms with Gasteiger partial charge in [0.1, 0.15) is 0 Å². The summed E-state index contributed by atoms with van der Waals surface area (Å²) >= 11 is 0. The summed E-state index contributed by atoms with van der Waals surface area (Å²) in [5, 5.41) is 8.72. The van der Waals surface area contributed by atoms with Gasteiger partial charge in [0.05, 0.1) is 50.2 Å². The van der Waals surface area contributed by atoms with Crippen LogP contribution in [0.4, 0.5) is 5.69 Å². The number of hydrogen-bond donors (Lipinski definition) is 1. The maximum absolute atomic E-state index is 13.0. The third-order valence-corrected chi connectivity index (χ3v) is 8.78. The standard InChI is InChI=1S/C24H30N6O5S2/c1-14-23(29(3)28-26-14)17-12-19-22(25-13-17)21-18(27-37(5,33)34)6-7-20(36(4,31)32)24(21)30(19)15(2)16-8-10-35-11-9-16/h6-7,12-13,15-16,27H,8-11H2,1-5H3/t15-/m1/s1. The third-order valence-electron chi connectivity index (χ3n) is 7.06. The van der Waals surface area contributed by atoms with Crippen molar-refractivity contribution in [1.82, 2.24) is 24.5 Å². The number of benzene rings is 1. The molecule has 1 aliphatic heterocycles. The van der Waals surface area contributed by atoms with Crippen molar-refractivity contribution < 1.29 is 21.6 Å². The molecule has 0 amide bonds. The summed E-state index contributed by atoms with van der Waals surface area (Å²) in [5.41, 5.74) is 4.25. The molecule has 11 nitrogen and oxygen atoms in total. The minimum absolute atomic E-state index is 0.110. The lowest BCUT2D eigenvalue weighted by Crippen LogP contribution is -2.24. The zero-order chi connectivity index (χ0) is 26.7. The minimum atomic E-state index is -3.67. The van der Waals surface area contributed by atoms with E-state index in [4.69, 9.17) is 9.72 Å². The van der Waals surface area contributed by atoms with E-state index in [2.05, 4.69) is 22.0 Å². The van der Waals surface area contributed by atoms with Gasteiger partial charge in [-0.1, -0.05) is 5.21 Å². The number of sulfone groups is 1. The van der Waals surface area contributed by atoms with E-state index in [9.17, 15) is 16.8 Å². The maximum atomic E-state index is 13.0. The van der Waals surface area contributed by atoms with Gasteiger partial charge in [0.15, 0.2) is 9.84 Å². The van der Waals surface area contributed by atoms with Crippen molar-refractivity contribution in [3.8, 4) is 11.3 Å². The molecule has 37 heavy (non-hydrogen) atoms. The molecule has 1 aliphatic rings. The lowest BCUT2D eigenvalue weighted by Gasteiger charge is -2.30. The first-order valence-corrected chi connectivity index (χ1v) is 15.7. The summed E-state index contributed by atoms with van der Waals surface area (Å²) in [6, 6.07) is 4.81. The van der Waals surface area contributed by atoms with Crippen molar-refractivity contribution in [2.24, 2.45) is 13.0 Å². The first-order chi connectivity index (χ1) is 17.4. The third kappa shape index (κ3) is 4.59. The van der Waals surface area contributed by atoms with Gasteiger partial charge in [-0.05, 0) is 50.8 Å². The number of ether oxygens (including phenoxy) is 1. The molecule has 5 rings (SSSR count). The average Bonchev–Trinajstić information content (AvgIpc) is 3.34. The second-order valence-electron chi connectivity index (χ2n) is 9.78. The van der Waals surface area contributed by atoms with Crippen LogP contribution in [0.2, 0.25) is 0 Å². The van der Waals surface area contributed by atoms with Gasteiger partial charge in [-0.3, -0.25) is 9.71 Å². The maximum Gasteiger partial charge on any atom is 0.229 e. The summed E-state index contributed by atoms with van der Waals surface area (Å²) in [6.07, 6.45) is 5.58. The second-order valence-corrected chi connectivity index (χ2v) is 13.5. The van der Waals surface area contributed by atoms with Crippen LogP contribution in [0.25, 0.3) is 33.2 Å². The molecule has 198 valence electrons. The van der Waals surface area contributed by atoms with Crippen LogP contribution >= 0.6 is 0 Å². The number of anilines is 1. The van der Waals surface area contributed by atoms with Crippen LogP contribution in [-0.2, 0) is 31.6 Å². The fourth-order valence-corrected chi connectivity index (χ4v) is 6.84. The molecule has 0 saturated carbocycles. The van der Waals surface area contributed by atoms with Crippen LogP contribution in [0, 0.1) is 12.8 Å². The number of pyridine rings is 1. The first kappa shape index (κ1) is 25.6. The van der Waals surface area contributed by atoms with Gasteiger partial charge in [0, 0.05) is 44.3 Å². The average molecular weight is 547 g/mol. The predicted molar refractivity (Wildman–Crippen MR) is 142 cm³/mol. The van der Waals surface area contributed by atoms with Gasteiger partial charge in [-0.2, -0.15) is 0 Å². The monoisotopic (exact) mass is 546 g/mol. The number of aryl methyl sites for hydroxylation is 2. The summed E-state index contributed by atoms with van der Waals surface area (Å²) in [4.78, 5) is 4.89. The Morgan fingerprint density at radius 2 is 1.84 bits per heavy atom. The van der Waals surface area contributed by atoms with Gasteiger partial charge in [0.2, 0.25) is 10.0 Å². The first-order valence-electron chi connectivity index (χ1n) is 12.0. The SMILES string of the molecule is Cc1nnn(C)c1-c1cnc2c3c(NS(C)(=O)=O)ccc(S(C)(=O)=O)c3n([C@H](C)C3CCOCC3)c2c1. The largest absolute Gasteiger partial charge is 0.381 e. The summed E-state index contributed by atoms with van der Waals surface area (Å²) in [7, 11) is -5.51. The van der Waals surface area contributed by atoms with Crippen molar-refractivity contribution in [1.29, 1.82) is 0 Å². The Hall–Kier alpha value is -3.03. The molecule has 1 atom stereocenters. The van der Waals surface area contributed by atoms with E-state index in [1.54, 1.807) is 17.9 Å². The quantitative estimate of drug-likeness (QED) is 0.389. The summed E-state index contributed by atoms with van der Waals surface area (Å²) in [5.74, 6) is 0.232. The lowest BCUT2D eigenvalue weighted by atomic mass is 9.92. The van der Waals surface area contributed by atoms with Gasteiger partial charge in [-0.25, -0.2) is 21.5 Å². The van der Waals surface area contributed by atoms with Crippen molar-refractivity contribution in [2.45, 2.75) is 37.6 Å². The molecule has 1 saturated heterocycles. The number of rotatable bonds is 6. The molecule has 13 heteroatoms. The highest BCUT2D eigenvalue weighted by Crippen LogP contribution is 2.43. The Morgan fingerprint density at radius 1 is 1.14 bits per heavy atom. The molecular weight excluding hydrogens is 516 g/mol. The Balaban J connectivity index is 1.93. The Kier molecular flexibility index (Phi) is 6.28. The second kappa shape index (κ2) is 9.07. The highest BCUT2D eigenvalue weighted by atomic mass is 32.2. The van der Waals surface area contributed by atoms with E-state index < -0.39 is 19.9 Å². The molecule has 0 bridgehead atoms. The number of nitrogens with zero attached hydrogens (tertiary/aromatic N) is 5. The van der Waals surface area contributed by atoms with Crippen molar-refractivity contribution >= 4 is 47.5 Å². The fraction of sp³-hybridized carbons (Fsp3) is 0.458. The molecule has 0 unspecified atom stereocenters. The van der Waals surface area contributed by atoms with E-state index in [0.717, 1.165) is 42.3 Å². The highest BCUT2D eigenvalue weighted by molar-refractivity contribution is 7.92. The molecule has 4 heterocycles. The molecule has 0 aliphatic carbocycles. The summed E-state index contributed by atoms with van der Waals surface area (Å²) < 4.78 is 62.3. The molecule has 4 aromatic rings. The normalized spacial score (nSPS) is 16.5. The molecule has 0 spiro atoms. The summed E-state index contributed by atoms with van der Waals surface area (Å²) in [6.45, 7) is 5.20. The molecule has 3 aromatic heterocycles. The number of hydrogen-bond acceptors (Lipinski definition) is 8. The molecule has 1 fully saturated rings. The Labute approximate surface area is 215 Å². The number of nitrogens with one attached hydrogen (secondary N) is 1. The van der Waals surface area contributed by atoms with E-state index in [-0.39, 0.29) is 22.5 Å². The fourth-order valence-electron chi connectivity index (χ4n) is 5.40. The number of fused-ring (bicyclic) bond motifs is 3. The number of sulfonamides is 1. The van der Waals surface area contributed by atoms with E-state index in [1.165, 1.54) is 12.1 Å². The van der Waals surface area contributed by atoms with Crippen molar-refractivity contribution in [2.75, 3.05) is 30.4 Å². The highest BCUT2D eigenvalue weighted by Gasteiger charge is 2.30. The van der Waals surface area contributed by atoms with E-state index in [0.29, 0.717) is 35.2 Å². The van der Waals surface area contributed by atoms with Gasteiger partial charge in [-0.15, -0.1) is 5.10 Å². The van der Waals surface area contributed by atoms with E-state index in [1.807, 2.05) is 17.6 Å². The van der Waals surface area contributed by atoms with Crippen LogP contribution in [0.5, 0.6) is 0 Å². The van der Waals surface area contributed by atoms with Gasteiger partial charge < -0.3 is 9.30 Å². The molecular formula is C24H30N6O5S2. The Bertz CT molecular complexity index is 1710. The van der Waals surface area contributed by atoms with Crippen LogP contribution in [0.1, 0.15) is 31.5 Å². The number of aromatic nitrogens is 5. The van der Waals surface area contributed by atoms with E-state index >= 15 is 0 Å². The predicted octanol–water partition coefficient (Wildman–Crippen LogP) is 3.06. The van der Waals surface area contributed by atoms with Crippen LogP contribution in [0.3, 0.4) is 0 Å². The Morgan fingerprint density at radius 3 is 2.43 bits per heavy atom. The smallest absolute Gasteiger partial charge is 0.229 e. The molecule has 1 aromatic carbocycles.